The number of fused-ring (bicyclic) bond motifs is 2. The zero-order valence-corrected chi connectivity index (χ0v) is 25.7. The maximum atomic E-state index is 5.06. The van der Waals surface area contributed by atoms with E-state index in [-0.39, 0.29) is 23.5 Å². The van der Waals surface area contributed by atoms with Crippen molar-refractivity contribution in [3.63, 3.8) is 0 Å². The summed E-state index contributed by atoms with van der Waals surface area (Å²) in [6.07, 6.45) is 1.96. The first-order valence-corrected chi connectivity index (χ1v) is 15.1. The number of nitrogens with one attached hydrogen (secondary N) is 1. The van der Waals surface area contributed by atoms with Gasteiger partial charge in [-0.15, -0.1) is 12.4 Å². The average molecular weight is 584 g/mol. The van der Waals surface area contributed by atoms with E-state index in [1.165, 1.54) is 32.0 Å². The van der Waals surface area contributed by atoms with Gasteiger partial charge in [-0.2, -0.15) is 0 Å². The van der Waals surface area contributed by atoms with Crippen molar-refractivity contribution in [2.75, 3.05) is 5.32 Å². The number of hydrogen-bond acceptors (Lipinski definition) is 5. The summed E-state index contributed by atoms with van der Waals surface area (Å²) in [5.41, 5.74) is 7.25. The summed E-state index contributed by atoms with van der Waals surface area (Å²) in [6, 6.07) is 34.5. The first kappa shape index (κ1) is 28.5. The second-order valence-electron chi connectivity index (χ2n) is 11.5. The molecule has 4 aromatic carbocycles. The Hall–Kier alpha value is -2.99. The van der Waals surface area contributed by atoms with Crippen LogP contribution < -0.4 is 5.32 Å². The number of nitrogens with zero attached hydrogens (tertiary/aromatic N) is 2. The molecule has 0 atom stereocenters. The molecule has 1 N–H and O–H groups in total. The third-order valence-electron chi connectivity index (χ3n) is 6.98. The third kappa shape index (κ3) is 6.49. The van der Waals surface area contributed by atoms with Crippen molar-refractivity contribution < 1.29 is 0 Å². The highest BCUT2D eigenvalue weighted by Crippen LogP contribution is 2.36. The molecule has 6 rings (SSSR count). The minimum Gasteiger partial charge on any atom is -0.356 e. The molecule has 0 saturated heterocycles. The van der Waals surface area contributed by atoms with Crippen LogP contribution in [0.25, 0.3) is 0 Å². The van der Waals surface area contributed by atoms with E-state index in [1.807, 2.05) is 0 Å². The standard InChI is InChI=1S/C34H33N3S2.ClH/c1-33(2)21-23-9-5-7-11-29(23)31(36-33)38-27-17-13-25(14-18-27)35-26-15-19-28(20-16-26)39-32-30-12-8-6-10-24(30)22-34(3,4)37-32;/h5-20,35H,21-22H2,1-4H3;1H. The molecule has 0 saturated carbocycles. The van der Waals surface area contributed by atoms with Gasteiger partial charge in [0.1, 0.15) is 10.1 Å². The summed E-state index contributed by atoms with van der Waals surface area (Å²) in [4.78, 5) is 12.5. The van der Waals surface area contributed by atoms with E-state index < -0.39 is 0 Å². The summed E-state index contributed by atoms with van der Waals surface area (Å²) >= 11 is 3.49. The summed E-state index contributed by atoms with van der Waals surface area (Å²) in [7, 11) is 0. The molecule has 3 nitrogen and oxygen atoms in total. The summed E-state index contributed by atoms with van der Waals surface area (Å²) in [5.74, 6) is 0. The van der Waals surface area contributed by atoms with Crippen LogP contribution in [0.3, 0.4) is 0 Å². The minimum absolute atomic E-state index is 0. The second-order valence-corrected chi connectivity index (χ2v) is 13.6. The SMILES string of the molecule is CC1(C)Cc2ccccc2C(Sc2ccc(Nc3ccc(SC4=NC(C)(C)Cc5ccccc54)cc3)cc2)=N1.Cl. The van der Waals surface area contributed by atoms with Crippen LogP contribution in [0.4, 0.5) is 11.4 Å². The van der Waals surface area contributed by atoms with Crippen molar-refractivity contribution in [1.29, 1.82) is 0 Å². The zero-order valence-electron chi connectivity index (χ0n) is 23.3. The first-order valence-electron chi connectivity index (χ1n) is 13.4. The Kier molecular flexibility index (Phi) is 8.19. The Balaban J connectivity index is 0.00000323. The van der Waals surface area contributed by atoms with Crippen molar-refractivity contribution in [3.8, 4) is 0 Å². The fourth-order valence-electron chi connectivity index (χ4n) is 5.21. The number of thioether (sulfide) groups is 2. The number of aliphatic imine (C=N–C) groups is 2. The smallest absolute Gasteiger partial charge is 0.103 e. The zero-order chi connectivity index (χ0) is 27.0. The van der Waals surface area contributed by atoms with Gasteiger partial charge in [0.25, 0.3) is 0 Å². The van der Waals surface area contributed by atoms with Crippen molar-refractivity contribution in [1.82, 2.24) is 0 Å². The van der Waals surface area contributed by atoms with E-state index >= 15 is 0 Å². The monoisotopic (exact) mass is 583 g/mol. The number of benzene rings is 4. The lowest BCUT2D eigenvalue weighted by molar-refractivity contribution is 0.515. The fraction of sp³-hybridized carbons (Fsp3) is 0.235. The van der Waals surface area contributed by atoms with Crippen molar-refractivity contribution in [3.05, 3.63) is 119 Å². The van der Waals surface area contributed by atoms with Crippen molar-refractivity contribution in [2.24, 2.45) is 9.98 Å². The maximum absolute atomic E-state index is 5.06. The van der Waals surface area contributed by atoms with Crippen molar-refractivity contribution in [2.45, 2.75) is 61.4 Å². The predicted molar refractivity (Wildman–Crippen MR) is 177 cm³/mol. The van der Waals surface area contributed by atoms with Gasteiger partial charge in [-0.3, -0.25) is 9.98 Å². The molecular weight excluding hydrogens is 550 g/mol. The Labute approximate surface area is 252 Å². The molecular formula is C34H34ClN3S2. The second kappa shape index (κ2) is 11.5. The largest absolute Gasteiger partial charge is 0.356 e. The van der Waals surface area contributed by atoms with Crippen LogP contribution in [-0.2, 0) is 12.8 Å². The molecule has 0 aliphatic carbocycles. The quantitative estimate of drug-likeness (QED) is 0.260. The number of anilines is 2. The molecule has 0 amide bonds. The maximum Gasteiger partial charge on any atom is 0.103 e. The molecule has 0 fully saturated rings. The van der Waals surface area contributed by atoms with Gasteiger partial charge in [0.05, 0.1) is 11.1 Å². The minimum atomic E-state index is -0.0776. The van der Waals surface area contributed by atoms with Crippen molar-refractivity contribution >= 4 is 57.4 Å². The van der Waals surface area contributed by atoms with Crippen LogP contribution in [0.15, 0.2) is 117 Å². The summed E-state index contributed by atoms with van der Waals surface area (Å²) in [6.45, 7) is 8.84. The predicted octanol–water partition coefficient (Wildman–Crippen LogP) is 9.60. The van der Waals surface area contributed by atoms with E-state index in [2.05, 4.69) is 130 Å². The van der Waals surface area contributed by atoms with Crippen LogP contribution in [0.1, 0.15) is 49.9 Å². The lowest BCUT2D eigenvalue weighted by Gasteiger charge is -2.28. The van der Waals surface area contributed by atoms with Gasteiger partial charge in [0, 0.05) is 32.3 Å². The van der Waals surface area contributed by atoms with E-state index in [0.717, 1.165) is 34.3 Å². The van der Waals surface area contributed by atoms with Crippen LogP contribution in [0.5, 0.6) is 0 Å². The van der Waals surface area contributed by atoms with Gasteiger partial charge >= 0.3 is 0 Å². The number of halogens is 1. The summed E-state index contributed by atoms with van der Waals surface area (Å²) < 4.78 is 0. The Morgan fingerprint density at radius 3 is 1.32 bits per heavy atom. The molecule has 0 unspecified atom stereocenters. The molecule has 0 radical (unpaired) electrons. The normalized spacial score (nSPS) is 16.5. The van der Waals surface area contributed by atoms with E-state index in [1.54, 1.807) is 23.5 Å². The molecule has 0 bridgehead atoms. The molecule has 40 heavy (non-hydrogen) atoms. The lowest BCUT2D eigenvalue weighted by Crippen LogP contribution is -2.27. The topological polar surface area (TPSA) is 36.8 Å². The van der Waals surface area contributed by atoms with E-state index in [4.69, 9.17) is 9.98 Å². The number of hydrogen-bond donors (Lipinski definition) is 1. The molecule has 6 heteroatoms. The average Bonchev–Trinajstić information content (AvgIpc) is 2.90. The van der Waals surface area contributed by atoms with E-state index in [9.17, 15) is 0 Å². The fourth-order valence-corrected chi connectivity index (χ4v) is 7.40. The van der Waals surface area contributed by atoms with Gasteiger partial charge in [0.2, 0.25) is 0 Å². The van der Waals surface area contributed by atoms with E-state index in [0.29, 0.717) is 0 Å². The highest BCUT2D eigenvalue weighted by Gasteiger charge is 2.28. The van der Waals surface area contributed by atoms with Gasteiger partial charge in [-0.1, -0.05) is 72.1 Å². The molecule has 2 aliphatic rings. The van der Waals surface area contributed by atoms with Gasteiger partial charge < -0.3 is 5.32 Å². The summed E-state index contributed by atoms with van der Waals surface area (Å²) in [5, 5.41) is 5.75. The Morgan fingerprint density at radius 1 is 0.550 bits per heavy atom. The first-order chi connectivity index (χ1) is 18.7. The van der Waals surface area contributed by atoms with Crippen LogP contribution >= 0.6 is 35.9 Å². The third-order valence-corrected chi connectivity index (χ3v) is 9.00. The van der Waals surface area contributed by atoms with Crippen LogP contribution in [0, 0.1) is 0 Å². The lowest BCUT2D eigenvalue weighted by atomic mass is 9.90. The molecule has 2 aliphatic heterocycles. The highest BCUT2D eigenvalue weighted by atomic mass is 35.5. The molecule has 0 spiro atoms. The molecule has 204 valence electrons. The van der Waals surface area contributed by atoms with Gasteiger partial charge in [0.15, 0.2) is 0 Å². The molecule has 2 heterocycles. The number of rotatable bonds is 4. The van der Waals surface area contributed by atoms with Gasteiger partial charge in [-0.25, -0.2) is 0 Å². The molecule has 4 aromatic rings. The van der Waals surface area contributed by atoms with Gasteiger partial charge in [-0.05, 0) is 100 Å². The van der Waals surface area contributed by atoms with Crippen LogP contribution in [-0.4, -0.2) is 21.2 Å². The highest BCUT2D eigenvalue weighted by molar-refractivity contribution is 8.14. The Bertz CT molecular complexity index is 1450. The Morgan fingerprint density at radius 2 is 0.925 bits per heavy atom. The van der Waals surface area contributed by atoms with Crippen LogP contribution in [0.2, 0.25) is 0 Å². The molecule has 0 aromatic heterocycles.